The second-order valence-corrected chi connectivity index (χ2v) is 4.78. The molecule has 20 heavy (non-hydrogen) atoms. The third kappa shape index (κ3) is 2.38. The molecule has 0 saturated heterocycles. The highest BCUT2D eigenvalue weighted by Crippen LogP contribution is 2.26. The van der Waals surface area contributed by atoms with Crippen molar-refractivity contribution >= 4 is 10.8 Å². The summed E-state index contributed by atoms with van der Waals surface area (Å²) in [7, 11) is 1.63. The van der Waals surface area contributed by atoms with Crippen LogP contribution in [0.25, 0.3) is 10.8 Å². The van der Waals surface area contributed by atoms with Gasteiger partial charge in [0.2, 0.25) is 0 Å². The van der Waals surface area contributed by atoms with Crippen molar-refractivity contribution in [1.82, 2.24) is 0 Å². The van der Waals surface area contributed by atoms with Gasteiger partial charge in [0, 0.05) is 0 Å². The van der Waals surface area contributed by atoms with Crippen LogP contribution in [0, 0.1) is 0 Å². The lowest BCUT2D eigenvalue weighted by Crippen LogP contribution is -1.99. The maximum Gasteiger partial charge on any atom is 0.118 e. The molecule has 0 aliphatic carbocycles. The zero-order chi connectivity index (χ0) is 13.9. The molecule has 0 fully saturated rings. The van der Waals surface area contributed by atoms with Crippen molar-refractivity contribution in [3.05, 3.63) is 77.9 Å². The van der Waals surface area contributed by atoms with Crippen LogP contribution in [0.5, 0.6) is 5.75 Å². The maximum atomic E-state index is 10.5. The SMILES string of the molecule is COc1ccc(C(O)c2ccc3ccccc3c2)cc1. The van der Waals surface area contributed by atoms with Gasteiger partial charge in [-0.25, -0.2) is 0 Å². The molecule has 0 saturated carbocycles. The van der Waals surface area contributed by atoms with Crippen molar-refractivity contribution in [2.45, 2.75) is 6.10 Å². The Morgan fingerprint density at radius 2 is 1.45 bits per heavy atom. The topological polar surface area (TPSA) is 29.5 Å². The Bertz CT molecular complexity index is 717. The average molecular weight is 264 g/mol. The van der Waals surface area contributed by atoms with E-state index < -0.39 is 6.10 Å². The number of rotatable bonds is 3. The molecule has 0 radical (unpaired) electrons. The van der Waals surface area contributed by atoms with Crippen molar-refractivity contribution in [2.24, 2.45) is 0 Å². The van der Waals surface area contributed by atoms with Gasteiger partial charge >= 0.3 is 0 Å². The number of methoxy groups -OCH3 is 1. The lowest BCUT2D eigenvalue weighted by Gasteiger charge is -2.13. The minimum absolute atomic E-state index is 0.620. The van der Waals surface area contributed by atoms with E-state index in [1.54, 1.807) is 7.11 Å². The monoisotopic (exact) mass is 264 g/mol. The Morgan fingerprint density at radius 1 is 0.800 bits per heavy atom. The first-order valence-corrected chi connectivity index (χ1v) is 6.58. The molecule has 3 aromatic carbocycles. The van der Waals surface area contributed by atoms with Gasteiger partial charge in [-0.3, -0.25) is 0 Å². The molecular weight excluding hydrogens is 248 g/mol. The molecule has 1 atom stereocenters. The molecule has 1 N–H and O–H groups in total. The fourth-order valence-electron chi connectivity index (χ4n) is 2.36. The lowest BCUT2D eigenvalue weighted by atomic mass is 9.98. The van der Waals surface area contributed by atoms with E-state index in [2.05, 4.69) is 12.1 Å². The molecule has 0 aliphatic rings. The minimum Gasteiger partial charge on any atom is -0.497 e. The molecule has 2 heteroatoms. The molecular formula is C18H16O2. The summed E-state index contributed by atoms with van der Waals surface area (Å²) in [5.74, 6) is 0.791. The van der Waals surface area contributed by atoms with Crippen molar-refractivity contribution in [2.75, 3.05) is 7.11 Å². The van der Waals surface area contributed by atoms with Crippen molar-refractivity contribution in [3.63, 3.8) is 0 Å². The fourth-order valence-corrected chi connectivity index (χ4v) is 2.36. The highest BCUT2D eigenvalue weighted by atomic mass is 16.5. The Balaban J connectivity index is 1.96. The lowest BCUT2D eigenvalue weighted by molar-refractivity contribution is 0.220. The first-order valence-electron chi connectivity index (χ1n) is 6.58. The Hall–Kier alpha value is -2.32. The summed E-state index contributed by atoms with van der Waals surface area (Å²) in [5.41, 5.74) is 1.76. The second-order valence-electron chi connectivity index (χ2n) is 4.78. The number of aliphatic hydroxyl groups excluding tert-OH is 1. The predicted octanol–water partition coefficient (Wildman–Crippen LogP) is 3.93. The van der Waals surface area contributed by atoms with E-state index in [1.807, 2.05) is 54.6 Å². The number of benzene rings is 3. The van der Waals surface area contributed by atoms with E-state index in [4.69, 9.17) is 4.74 Å². The van der Waals surface area contributed by atoms with Gasteiger partial charge in [-0.15, -0.1) is 0 Å². The maximum absolute atomic E-state index is 10.5. The summed E-state index contributed by atoms with van der Waals surface area (Å²) in [4.78, 5) is 0. The van der Waals surface area contributed by atoms with Crippen molar-refractivity contribution in [1.29, 1.82) is 0 Å². The predicted molar refractivity (Wildman–Crippen MR) is 81.0 cm³/mol. The molecule has 0 aromatic heterocycles. The van der Waals surface area contributed by atoms with E-state index in [1.165, 1.54) is 5.39 Å². The molecule has 2 nitrogen and oxygen atoms in total. The van der Waals surface area contributed by atoms with E-state index in [0.29, 0.717) is 0 Å². The van der Waals surface area contributed by atoms with E-state index in [9.17, 15) is 5.11 Å². The first-order chi connectivity index (χ1) is 9.78. The fraction of sp³-hybridized carbons (Fsp3) is 0.111. The summed E-state index contributed by atoms with van der Waals surface area (Å²) in [6, 6.07) is 21.7. The Labute approximate surface area is 118 Å². The molecule has 100 valence electrons. The number of aliphatic hydroxyl groups is 1. The summed E-state index contributed by atoms with van der Waals surface area (Å²) in [5, 5.41) is 12.8. The minimum atomic E-state index is -0.620. The van der Waals surface area contributed by atoms with Crippen molar-refractivity contribution in [3.8, 4) is 5.75 Å². The van der Waals surface area contributed by atoms with Crippen LogP contribution in [0.2, 0.25) is 0 Å². The van der Waals surface area contributed by atoms with Gasteiger partial charge in [-0.1, -0.05) is 48.5 Å². The van der Waals surface area contributed by atoms with Gasteiger partial charge in [0.15, 0.2) is 0 Å². The van der Waals surface area contributed by atoms with Gasteiger partial charge in [-0.2, -0.15) is 0 Å². The van der Waals surface area contributed by atoms with Gasteiger partial charge in [0.05, 0.1) is 7.11 Å². The second kappa shape index (κ2) is 5.35. The van der Waals surface area contributed by atoms with Crippen LogP contribution < -0.4 is 4.74 Å². The summed E-state index contributed by atoms with van der Waals surface area (Å²) in [6.07, 6.45) is -0.620. The molecule has 0 amide bonds. The van der Waals surface area contributed by atoms with Crippen LogP contribution in [-0.2, 0) is 0 Å². The molecule has 1 unspecified atom stereocenters. The standard InChI is InChI=1S/C18H16O2/c1-20-17-10-8-14(9-11-17)18(19)16-7-6-13-4-2-3-5-15(13)12-16/h2-12,18-19H,1H3. The Kier molecular flexibility index (Phi) is 3.40. The number of fused-ring (bicyclic) bond motifs is 1. The third-order valence-electron chi connectivity index (χ3n) is 3.52. The van der Waals surface area contributed by atoms with E-state index in [0.717, 1.165) is 22.3 Å². The molecule has 0 bridgehead atoms. The zero-order valence-electron chi connectivity index (χ0n) is 11.3. The normalized spacial score (nSPS) is 12.3. The van der Waals surface area contributed by atoms with Gasteiger partial charge in [0.25, 0.3) is 0 Å². The molecule has 0 heterocycles. The molecule has 0 aliphatic heterocycles. The smallest absolute Gasteiger partial charge is 0.118 e. The zero-order valence-corrected chi connectivity index (χ0v) is 11.3. The summed E-state index contributed by atoms with van der Waals surface area (Å²) in [6.45, 7) is 0. The number of hydrogen-bond acceptors (Lipinski definition) is 2. The van der Waals surface area contributed by atoms with Crippen LogP contribution in [0.1, 0.15) is 17.2 Å². The highest BCUT2D eigenvalue weighted by Gasteiger charge is 2.10. The van der Waals surface area contributed by atoms with Crippen LogP contribution in [0.3, 0.4) is 0 Å². The van der Waals surface area contributed by atoms with Crippen molar-refractivity contribution < 1.29 is 9.84 Å². The summed E-state index contributed by atoms with van der Waals surface area (Å²) < 4.78 is 5.13. The third-order valence-corrected chi connectivity index (χ3v) is 3.52. The van der Waals surface area contributed by atoms with Crippen LogP contribution in [0.15, 0.2) is 66.7 Å². The Morgan fingerprint density at radius 3 is 2.15 bits per heavy atom. The van der Waals surface area contributed by atoms with Gasteiger partial charge < -0.3 is 9.84 Å². The van der Waals surface area contributed by atoms with Crippen LogP contribution in [0.4, 0.5) is 0 Å². The average Bonchev–Trinajstić information content (AvgIpc) is 2.54. The van der Waals surface area contributed by atoms with Gasteiger partial charge in [-0.05, 0) is 40.1 Å². The number of ether oxygens (including phenoxy) is 1. The molecule has 3 aromatic rings. The first kappa shape index (κ1) is 12.7. The quantitative estimate of drug-likeness (QED) is 0.776. The van der Waals surface area contributed by atoms with Crippen LogP contribution in [-0.4, -0.2) is 12.2 Å². The van der Waals surface area contributed by atoms with E-state index in [-0.39, 0.29) is 0 Å². The number of hydrogen-bond donors (Lipinski definition) is 1. The molecule has 3 rings (SSSR count). The summed E-state index contributed by atoms with van der Waals surface area (Å²) >= 11 is 0. The largest absolute Gasteiger partial charge is 0.497 e. The highest BCUT2D eigenvalue weighted by molar-refractivity contribution is 5.83. The van der Waals surface area contributed by atoms with E-state index >= 15 is 0 Å². The van der Waals surface area contributed by atoms with Gasteiger partial charge in [0.1, 0.15) is 11.9 Å². The molecule has 0 spiro atoms. The van der Waals surface area contributed by atoms with Crippen LogP contribution >= 0.6 is 0 Å².